The Hall–Kier alpha value is -3.73. The molecule has 150 valence electrons. The fourth-order valence-electron chi connectivity index (χ4n) is 3.60. The third-order valence-corrected chi connectivity index (χ3v) is 5.24. The van der Waals surface area contributed by atoms with Crippen molar-refractivity contribution in [1.29, 1.82) is 0 Å². The maximum atomic E-state index is 13.2. The summed E-state index contributed by atoms with van der Waals surface area (Å²) in [6, 6.07) is 20.4. The van der Waals surface area contributed by atoms with Crippen molar-refractivity contribution < 1.29 is 19.1 Å². The fourth-order valence-corrected chi connectivity index (χ4v) is 3.60. The largest absolute Gasteiger partial charge is 0.425 e. The number of esters is 1. The maximum absolute atomic E-state index is 13.2. The number of benzene rings is 3. The number of fused-ring (bicyclic) bond motifs is 1. The van der Waals surface area contributed by atoms with Gasteiger partial charge < -0.3 is 4.74 Å². The number of rotatable bonds is 5. The molecule has 0 saturated carbocycles. The summed E-state index contributed by atoms with van der Waals surface area (Å²) in [6.45, 7) is 3.75. The molecule has 0 radical (unpaired) electrons. The molecular weight excluding hydrogens is 378 g/mol. The summed E-state index contributed by atoms with van der Waals surface area (Å²) in [7, 11) is 0. The SMILES string of the molecule is Cc1ccc(C)c(OC(=O)C(Cc2ccccc2)N2C(=O)c3ccccc3C2=O)c1. The first-order valence-electron chi connectivity index (χ1n) is 9.75. The number of imide groups is 1. The number of aryl methyl sites for hydroxylation is 2. The molecule has 5 nitrogen and oxygen atoms in total. The zero-order valence-corrected chi connectivity index (χ0v) is 16.8. The molecule has 3 aromatic rings. The number of carbonyl (C=O) groups excluding carboxylic acids is 3. The highest BCUT2D eigenvalue weighted by molar-refractivity contribution is 6.22. The first-order valence-corrected chi connectivity index (χ1v) is 9.75. The molecule has 0 spiro atoms. The van der Waals surface area contributed by atoms with E-state index in [-0.39, 0.29) is 6.42 Å². The Bertz CT molecular complexity index is 1100. The molecule has 4 rings (SSSR count). The van der Waals surface area contributed by atoms with Crippen molar-refractivity contribution in [2.45, 2.75) is 26.3 Å². The molecule has 5 heteroatoms. The van der Waals surface area contributed by atoms with E-state index in [1.807, 2.05) is 56.3 Å². The molecule has 1 heterocycles. The molecule has 1 aliphatic rings. The second-order valence-electron chi connectivity index (χ2n) is 7.42. The fraction of sp³-hybridized carbons (Fsp3) is 0.160. The van der Waals surface area contributed by atoms with Gasteiger partial charge >= 0.3 is 5.97 Å². The molecular formula is C25H21NO4. The standard InChI is InChI=1S/C25H21NO4/c1-16-12-13-17(2)22(14-16)30-25(29)21(15-18-8-4-3-5-9-18)26-23(27)19-10-6-7-11-20(19)24(26)28/h3-14,21H,15H2,1-2H3. The van der Waals surface area contributed by atoms with Gasteiger partial charge in [-0.25, -0.2) is 4.79 Å². The van der Waals surface area contributed by atoms with Crippen LogP contribution in [0, 0.1) is 13.8 Å². The summed E-state index contributed by atoms with van der Waals surface area (Å²) in [5, 5.41) is 0. The van der Waals surface area contributed by atoms with E-state index in [1.54, 1.807) is 30.3 Å². The van der Waals surface area contributed by atoms with Gasteiger partial charge in [-0.3, -0.25) is 14.5 Å². The van der Waals surface area contributed by atoms with Crippen LogP contribution in [0.5, 0.6) is 5.75 Å². The van der Waals surface area contributed by atoms with E-state index < -0.39 is 23.8 Å². The number of amides is 2. The number of ether oxygens (including phenoxy) is 1. The minimum Gasteiger partial charge on any atom is -0.425 e. The van der Waals surface area contributed by atoms with E-state index in [2.05, 4.69) is 0 Å². The smallest absolute Gasteiger partial charge is 0.335 e. The second kappa shape index (κ2) is 7.95. The van der Waals surface area contributed by atoms with Crippen molar-refractivity contribution in [3.63, 3.8) is 0 Å². The molecule has 0 aliphatic carbocycles. The molecule has 3 aromatic carbocycles. The van der Waals surface area contributed by atoms with Crippen molar-refractivity contribution in [3.8, 4) is 5.75 Å². The molecule has 1 aliphatic heterocycles. The van der Waals surface area contributed by atoms with Crippen molar-refractivity contribution in [3.05, 3.63) is 101 Å². The van der Waals surface area contributed by atoms with Crippen molar-refractivity contribution >= 4 is 17.8 Å². The van der Waals surface area contributed by atoms with Crippen LogP contribution < -0.4 is 4.74 Å². The van der Waals surface area contributed by atoms with Crippen LogP contribution in [0.1, 0.15) is 37.4 Å². The predicted octanol–water partition coefficient (Wildman–Crippen LogP) is 4.12. The number of hydrogen-bond acceptors (Lipinski definition) is 4. The van der Waals surface area contributed by atoms with E-state index in [4.69, 9.17) is 4.74 Å². The zero-order valence-electron chi connectivity index (χ0n) is 16.8. The van der Waals surface area contributed by atoms with Gasteiger partial charge in [-0.1, -0.05) is 54.6 Å². The minimum atomic E-state index is -1.07. The van der Waals surface area contributed by atoms with Crippen LogP contribution in [0.2, 0.25) is 0 Å². The molecule has 0 bridgehead atoms. The van der Waals surface area contributed by atoms with Crippen LogP contribution in [-0.4, -0.2) is 28.7 Å². The maximum Gasteiger partial charge on any atom is 0.335 e. The lowest BCUT2D eigenvalue weighted by Gasteiger charge is -2.25. The third-order valence-electron chi connectivity index (χ3n) is 5.24. The summed E-state index contributed by atoms with van der Waals surface area (Å²) < 4.78 is 5.68. The van der Waals surface area contributed by atoms with Gasteiger partial charge in [-0.15, -0.1) is 0 Å². The molecule has 2 amide bonds. The monoisotopic (exact) mass is 399 g/mol. The number of hydrogen-bond donors (Lipinski definition) is 0. The Labute approximate surface area is 174 Å². The molecule has 30 heavy (non-hydrogen) atoms. The molecule has 0 aromatic heterocycles. The van der Waals surface area contributed by atoms with Crippen LogP contribution in [-0.2, 0) is 11.2 Å². The van der Waals surface area contributed by atoms with Gasteiger partial charge in [0.2, 0.25) is 0 Å². The van der Waals surface area contributed by atoms with Crippen molar-refractivity contribution in [2.24, 2.45) is 0 Å². The van der Waals surface area contributed by atoms with Gasteiger partial charge in [-0.05, 0) is 48.7 Å². The predicted molar refractivity (Wildman–Crippen MR) is 112 cm³/mol. The lowest BCUT2D eigenvalue weighted by Crippen LogP contribution is -2.48. The quantitative estimate of drug-likeness (QED) is 0.368. The molecule has 1 atom stereocenters. The van der Waals surface area contributed by atoms with Crippen LogP contribution in [0.15, 0.2) is 72.8 Å². The average molecular weight is 399 g/mol. The van der Waals surface area contributed by atoms with Gasteiger partial charge in [0.1, 0.15) is 11.8 Å². The normalized spacial score (nSPS) is 13.9. The highest BCUT2D eigenvalue weighted by atomic mass is 16.5. The van der Waals surface area contributed by atoms with Crippen LogP contribution in [0.25, 0.3) is 0 Å². The minimum absolute atomic E-state index is 0.177. The van der Waals surface area contributed by atoms with Crippen molar-refractivity contribution in [1.82, 2.24) is 4.90 Å². The topological polar surface area (TPSA) is 63.7 Å². The van der Waals surface area contributed by atoms with E-state index in [0.717, 1.165) is 21.6 Å². The van der Waals surface area contributed by atoms with E-state index in [1.165, 1.54) is 0 Å². The second-order valence-corrected chi connectivity index (χ2v) is 7.42. The number of nitrogens with zero attached hydrogens (tertiary/aromatic N) is 1. The van der Waals surface area contributed by atoms with Crippen molar-refractivity contribution in [2.75, 3.05) is 0 Å². The molecule has 0 fully saturated rings. The van der Waals surface area contributed by atoms with Gasteiger partial charge in [0, 0.05) is 6.42 Å². The van der Waals surface area contributed by atoms with Gasteiger partial charge in [-0.2, -0.15) is 0 Å². The van der Waals surface area contributed by atoms with E-state index in [9.17, 15) is 14.4 Å². The Morgan fingerprint density at radius 2 is 1.47 bits per heavy atom. The van der Waals surface area contributed by atoms with Gasteiger partial charge in [0.05, 0.1) is 11.1 Å². The summed E-state index contributed by atoms with van der Waals surface area (Å²) in [4.78, 5) is 40.3. The van der Waals surface area contributed by atoms with Gasteiger partial charge in [0.15, 0.2) is 0 Å². The molecule has 0 N–H and O–H groups in total. The Morgan fingerprint density at radius 1 is 0.867 bits per heavy atom. The molecule has 0 saturated heterocycles. The Kier molecular flexibility index (Phi) is 5.19. The summed E-state index contributed by atoms with van der Waals surface area (Å²) in [5.74, 6) is -1.17. The lowest BCUT2D eigenvalue weighted by molar-refractivity contribution is -0.138. The Morgan fingerprint density at radius 3 is 2.10 bits per heavy atom. The van der Waals surface area contributed by atoms with Crippen LogP contribution >= 0.6 is 0 Å². The van der Waals surface area contributed by atoms with Gasteiger partial charge in [0.25, 0.3) is 11.8 Å². The van der Waals surface area contributed by atoms with E-state index >= 15 is 0 Å². The first kappa shape index (κ1) is 19.6. The summed E-state index contributed by atoms with van der Waals surface area (Å²) >= 11 is 0. The first-order chi connectivity index (χ1) is 14.5. The van der Waals surface area contributed by atoms with Crippen LogP contribution in [0.4, 0.5) is 0 Å². The third kappa shape index (κ3) is 3.62. The molecule has 1 unspecified atom stereocenters. The average Bonchev–Trinajstić information content (AvgIpc) is 3.00. The highest BCUT2D eigenvalue weighted by Gasteiger charge is 2.43. The summed E-state index contributed by atoms with van der Waals surface area (Å²) in [6.07, 6.45) is 0.177. The van der Waals surface area contributed by atoms with E-state index in [0.29, 0.717) is 16.9 Å². The highest BCUT2D eigenvalue weighted by Crippen LogP contribution is 2.28. The zero-order chi connectivity index (χ0) is 21.3. The summed E-state index contributed by atoms with van der Waals surface area (Å²) in [5.41, 5.74) is 3.19. The number of carbonyl (C=O) groups is 3. The Balaban J connectivity index is 1.70. The van der Waals surface area contributed by atoms with Crippen LogP contribution in [0.3, 0.4) is 0 Å². The lowest BCUT2D eigenvalue weighted by atomic mass is 10.0.